The number of aliphatic hydroxyl groups excluding tert-OH is 1. The Labute approximate surface area is 101 Å². The summed E-state index contributed by atoms with van der Waals surface area (Å²) in [4.78, 5) is 8.50. The molecule has 1 aliphatic heterocycles. The first-order valence-corrected chi connectivity index (χ1v) is 5.99. The van der Waals surface area contributed by atoms with E-state index in [2.05, 4.69) is 14.8 Å². The molecule has 5 heteroatoms. The minimum atomic E-state index is -0.300. The quantitative estimate of drug-likeness (QED) is 0.844. The van der Waals surface area contributed by atoms with Gasteiger partial charge in [-0.3, -0.25) is 4.90 Å². The highest BCUT2D eigenvalue weighted by Gasteiger charge is 2.15. The summed E-state index contributed by atoms with van der Waals surface area (Å²) in [5.41, 5.74) is 0. The van der Waals surface area contributed by atoms with Crippen LogP contribution in [0.15, 0.2) is 18.3 Å². The van der Waals surface area contributed by atoms with Gasteiger partial charge in [-0.25, -0.2) is 9.37 Å². The van der Waals surface area contributed by atoms with Crippen LogP contribution in [0.2, 0.25) is 0 Å². The molecule has 94 valence electrons. The fraction of sp³-hybridized carbons (Fsp3) is 0.583. The summed E-state index contributed by atoms with van der Waals surface area (Å²) in [5.74, 6) is 0.530. The van der Waals surface area contributed by atoms with E-state index in [0.29, 0.717) is 0 Å². The van der Waals surface area contributed by atoms with Crippen LogP contribution in [0.5, 0.6) is 0 Å². The van der Waals surface area contributed by atoms with E-state index in [1.807, 2.05) is 0 Å². The first kappa shape index (κ1) is 12.3. The zero-order chi connectivity index (χ0) is 12.1. The second-order valence-electron chi connectivity index (χ2n) is 4.24. The topological polar surface area (TPSA) is 39.6 Å². The molecule has 0 spiro atoms. The van der Waals surface area contributed by atoms with Gasteiger partial charge in [0.25, 0.3) is 0 Å². The fourth-order valence-electron chi connectivity index (χ4n) is 2.12. The van der Waals surface area contributed by atoms with Gasteiger partial charge in [-0.2, -0.15) is 0 Å². The number of hydrogen-bond acceptors (Lipinski definition) is 4. The molecular weight excluding hydrogens is 221 g/mol. The van der Waals surface area contributed by atoms with Crippen molar-refractivity contribution < 1.29 is 9.50 Å². The Balaban J connectivity index is 1.96. The molecule has 1 N–H and O–H groups in total. The van der Waals surface area contributed by atoms with Crippen LogP contribution in [0.4, 0.5) is 10.2 Å². The number of hydrogen-bond donors (Lipinski definition) is 1. The zero-order valence-electron chi connectivity index (χ0n) is 9.85. The standard InChI is InChI=1S/C12H18FN3O/c13-11-2-3-12(14-10-11)16-5-1-4-15(6-7-16)8-9-17/h2-3,10,17H,1,4-9H2. The Kier molecular flexibility index (Phi) is 4.28. The predicted molar refractivity (Wildman–Crippen MR) is 64.6 cm³/mol. The van der Waals surface area contributed by atoms with E-state index in [1.165, 1.54) is 12.3 Å². The number of rotatable bonds is 3. The van der Waals surface area contributed by atoms with E-state index in [9.17, 15) is 4.39 Å². The molecule has 2 heterocycles. The van der Waals surface area contributed by atoms with Crippen LogP contribution in [-0.4, -0.2) is 54.3 Å². The minimum Gasteiger partial charge on any atom is -0.395 e. The Morgan fingerprint density at radius 3 is 2.82 bits per heavy atom. The largest absolute Gasteiger partial charge is 0.395 e. The van der Waals surface area contributed by atoms with Gasteiger partial charge < -0.3 is 10.0 Å². The minimum absolute atomic E-state index is 0.203. The van der Waals surface area contributed by atoms with E-state index in [1.54, 1.807) is 6.07 Å². The van der Waals surface area contributed by atoms with Gasteiger partial charge in [0.1, 0.15) is 11.6 Å². The zero-order valence-corrected chi connectivity index (χ0v) is 9.85. The lowest BCUT2D eigenvalue weighted by Gasteiger charge is -2.22. The number of nitrogens with zero attached hydrogens (tertiary/aromatic N) is 3. The van der Waals surface area contributed by atoms with Gasteiger partial charge in [-0.1, -0.05) is 0 Å². The highest BCUT2D eigenvalue weighted by atomic mass is 19.1. The van der Waals surface area contributed by atoms with Crippen LogP contribution in [0.25, 0.3) is 0 Å². The lowest BCUT2D eigenvalue weighted by atomic mass is 10.3. The maximum Gasteiger partial charge on any atom is 0.141 e. The fourth-order valence-corrected chi connectivity index (χ4v) is 2.12. The van der Waals surface area contributed by atoms with Gasteiger partial charge in [-0.05, 0) is 25.1 Å². The molecule has 0 aliphatic carbocycles. The average molecular weight is 239 g/mol. The van der Waals surface area contributed by atoms with E-state index >= 15 is 0 Å². The van der Waals surface area contributed by atoms with Crippen LogP contribution >= 0.6 is 0 Å². The summed E-state index contributed by atoms with van der Waals surface area (Å²) in [7, 11) is 0. The number of pyridine rings is 1. The molecule has 0 bridgehead atoms. The molecular formula is C12H18FN3O. The maximum atomic E-state index is 12.8. The maximum absolute atomic E-state index is 12.8. The molecule has 0 saturated carbocycles. The van der Waals surface area contributed by atoms with Crippen molar-refractivity contribution in [2.45, 2.75) is 6.42 Å². The molecule has 0 amide bonds. The van der Waals surface area contributed by atoms with Crippen LogP contribution in [0.1, 0.15) is 6.42 Å². The summed E-state index contributed by atoms with van der Waals surface area (Å²) in [6.45, 7) is 4.65. The Morgan fingerprint density at radius 2 is 2.12 bits per heavy atom. The first-order valence-electron chi connectivity index (χ1n) is 5.99. The molecule has 0 aromatic carbocycles. The highest BCUT2D eigenvalue weighted by molar-refractivity contribution is 5.38. The third-order valence-corrected chi connectivity index (χ3v) is 3.04. The summed E-state index contributed by atoms with van der Waals surface area (Å²) >= 11 is 0. The SMILES string of the molecule is OCCN1CCCN(c2ccc(F)cn2)CC1. The summed E-state index contributed by atoms with van der Waals surface area (Å²) in [5, 5.41) is 8.91. The van der Waals surface area contributed by atoms with Gasteiger partial charge in [0.15, 0.2) is 0 Å². The third-order valence-electron chi connectivity index (χ3n) is 3.04. The molecule has 1 aliphatic rings. The lowest BCUT2D eigenvalue weighted by Crippen LogP contribution is -2.32. The van der Waals surface area contributed by atoms with Crippen LogP contribution in [-0.2, 0) is 0 Å². The summed E-state index contributed by atoms with van der Waals surface area (Å²) < 4.78 is 12.8. The van der Waals surface area contributed by atoms with Crippen molar-refractivity contribution in [2.75, 3.05) is 44.2 Å². The smallest absolute Gasteiger partial charge is 0.141 e. The van der Waals surface area contributed by atoms with Crippen molar-refractivity contribution >= 4 is 5.82 Å². The van der Waals surface area contributed by atoms with E-state index in [4.69, 9.17) is 5.11 Å². The van der Waals surface area contributed by atoms with E-state index < -0.39 is 0 Å². The first-order chi connectivity index (χ1) is 8.29. The van der Waals surface area contributed by atoms with Gasteiger partial charge in [0, 0.05) is 26.2 Å². The van der Waals surface area contributed by atoms with Crippen molar-refractivity contribution in [2.24, 2.45) is 0 Å². The van der Waals surface area contributed by atoms with Gasteiger partial charge in [0.05, 0.1) is 12.8 Å². The Morgan fingerprint density at radius 1 is 1.24 bits per heavy atom. The van der Waals surface area contributed by atoms with Crippen LogP contribution in [0, 0.1) is 5.82 Å². The molecule has 0 atom stereocenters. The van der Waals surface area contributed by atoms with Gasteiger partial charge in [-0.15, -0.1) is 0 Å². The van der Waals surface area contributed by atoms with Crippen LogP contribution in [0.3, 0.4) is 0 Å². The number of anilines is 1. The molecule has 0 unspecified atom stereocenters. The average Bonchev–Trinajstić information content (AvgIpc) is 2.56. The number of halogens is 1. The number of aliphatic hydroxyl groups is 1. The Hall–Kier alpha value is -1.20. The van der Waals surface area contributed by atoms with Gasteiger partial charge in [0.2, 0.25) is 0 Å². The summed E-state index contributed by atoms with van der Waals surface area (Å²) in [6, 6.07) is 3.16. The highest BCUT2D eigenvalue weighted by Crippen LogP contribution is 2.13. The summed E-state index contributed by atoms with van der Waals surface area (Å²) in [6.07, 6.45) is 2.30. The van der Waals surface area contributed by atoms with Crippen molar-refractivity contribution in [3.8, 4) is 0 Å². The number of β-amino-alcohol motifs (C(OH)–C–C–N with tert-alkyl or cyclic N) is 1. The molecule has 4 nitrogen and oxygen atoms in total. The lowest BCUT2D eigenvalue weighted by molar-refractivity contribution is 0.204. The van der Waals surface area contributed by atoms with Crippen molar-refractivity contribution in [1.29, 1.82) is 0 Å². The van der Waals surface area contributed by atoms with Crippen molar-refractivity contribution in [3.63, 3.8) is 0 Å². The van der Waals surface area contributed by atoms with Crippen molar-refractivity contribution in [3.05, 3.63) is 24.1 Å². The van der Waals surface area contributed by atoms with Crippen LogP contribution < -0.4 is 4.90 Å². The molecule has 1 aromatic rings. The molecule has 2 rings (SSSR count). The van der Waals surface area contributed by atoms with Gasteiger partial charge >= 0.3 is 0 Å². The molecule has 1 fully saturated rings. The van der Waals surface area contributed by atoms with E-state index in [0.717, 1.165) is 45.0 Å². The number of aromatic nitrogens is 1. The third kappa shape index (κ3) is 3.38. The second-order valence-corrected chi connectivity index (χ2v) is 4.24. The van der Waals surface area contributed by atoms with E-state index in [-0.39, 0.29) is 12.4 Å². The predicted octanol–water partition coefficient (Wildman–Crippen LogP) is 0.725. The Bertz CT molecular complexity index is 344. The monoisotopic (exact) mass is 239 g/mol. The normalized spacial score (nSPS) is 18.1. The molecule has 0 radical (unpaired) electrons. The molecule has 1 saturated heterocycles. The molecule has 1 aromatic heterocycles. The molecule has 17 heavy (non-hydrogen) atoms. The van der Waals surface area contributed by atoms with Crippen molar-refractivity contribution in [1.82, 2.24) is 9.88 Å². The second kappa shape index (κ2) is 5.93.